The predicted octanol–water partition coefficient (Wildman–Crippen LogP) is 3.61. The summed E-state index contributed by atoms with van der Waals surface area (Å²) in [6.07, 6.45) is 6.39. The molecule has 2 saturated heterocycles. The molecule has 0 atom stereocenters. The van der Waals surface area contributed by atoms with Gasteiger partial charge in [-0.2, -0.15) is 11.3 Å². The minimum absolute atomic E-state index is 0.142. The van der Waals surface area contributed by atoms with E-state index in [-0.39, 0.29) is 11.8 Å². The van der Waals surface area contributed by atoms with Crippen molar-refractivity contribution < 1.29 is 14.3 Å². The summed E-state index contributed by atoms with van der Waals surface area (Å²) in [5.41, 5.74) is 1.78. The van der Waals surface area contributed by atoms with Crippen LogP contribution in [0.15, 0.2) is 53.2 Å². The maximum atomic E-state index is 12.9. The molecule has 2 aliphatic rings. The molecule has 0 aliphatic carbocycles. The number of amides is 2. The van der Waals surface area contributed by atoms with Crippen LogP contribution in [0.25, 0.3) is 6.08 Å². The third-order valence-electron chi connectivity index (χ3n) is 5.99. The average molecular weight is 425 g/mol. The Balaban J connectivity index is 1.29. The molecule has 6 heteroatoms. The number of carbonyl (C=O) groups is 2. The van der Waals surface area contributed by atoms with Gasteiger partial charge < -0.3 is 14.5 Å². The molecule has 2 aromatic rings. The van der Waals surface area contributed by atoms with Crippen LogP contribution in [0.1, 0.15) is 30.4 Å². The lowest BCUT2D eigenvalue weighted by Gasteiger charge is -2.40. The third kappa shape index (κ3) is 5.18. The van der Waals surface area contributed by atoms with Crippen molar-refractivity contribution >= 4 is 29.2 Å². The van der Waals surface area contributed by atoms with Gasteiger partial charge in [0.1, 0.15) is 0 Å². The quantitative estimate of drug-likeness (QED) is 0.737. The standard InChI is InChI=1S/C24H28N2O3S/c27-22(17-21-8-16-30-19-21)26-12-9-24(10-13-26)18-23(28)25(14-15-29-24)11-4-7-20-5-2-1-3-6-20/h1-8,16,19H,9-15,17-18H2/b7-4+. The molecule has 5 nitrogen and oxygen atoms in total. The molecular weight excluding hydrogens is 396 g/mol. The Morgan fingerprint density at radius 1 is 1.13 bits per heavy atom. The van der Waals surface area contributed by atoms with E-state index in [0.29, 0.717) is 45.6 Å². The maximum Gasteiger partial charge on any atom is 0.227 e. The van der Waals surface area contributed by atoms with Crippen LogP contribution in [0.5, 0.6) is 0 Å². The summed E-state index contributed by atoms with van der Waals surface area (Å²) in [5, 5.41) is 4.02. The first-order valence-corrected chi connectivity index (χ1v) is 11.5. The lowest BCUT2D eigenvalue weighted by atomic mass is 9.87. The zero-order chi connectivity index (χ0) is 20.8. The van der Waals surface area contributed by atoms with Gasteiger partial charge in [-0.3, -0.25) is 9.59 Å². The van der Waals surface area contributed by atoms with Crippen molar-refractivity contribution in [2.75, 3.05) is 32.8 Å². The number of ether oxygens (including phenoxy) is 1. The van der Waals surface area contributed by atoms with E-state index in [9.17, 15) is 9.59 Å². The molecule has 0 bridgehead atoms. The summed E-state index contributed by atoms with van der Waals surface area (Å²) in [5.74, 6) is 0.305. The Kier molecular flexibility index (Phi) is 6.65. The Bertz CT molecular complexity index is 871. The smallest absolute Gasteiger partial charge is 0.227 e. The summed E-state index contributed by atoms with van der Waals surface area (Å²) in [4.78, 5) is 29.2. The Hall–Kier alpha value is -2.44. The Morgan fingerprint density at radius 2 is 1.93 bits per heavy atom. The highest BCUT2D eigenvalue weighted by Crippen LogP contribution is 2.32. The molecule has 1 aromatic carbocycles. The van der Waals surface area contributed by atoms with Crippen LogP contribution in [-0.4, -0.2) is 60.0 Å². The topological polar surface area (TPSA) is 49.9 Å². The van der Waals surface area contributed by atoms with Crippen molar-refractivity contribution in [3.63, 3.8) is 0 Å². The SMILES string of the molecule is O=C1CC2(CCN(C(=O)Cc3ccsc3)CC2)OCCN1C/C=C/c1ccccc1. The summed E-state index contributed by atoms with van der Waals surface area (Å²) in [7, 11) is 0. The number of thiophene rings is 1. The number of rotatable bonds is 5. The second kappa shape index (κ2) is 9.58. The first-order chi connectivity index (χ1) is 14.6. The molecule has 0 saturated carbocycles. The zero-order valence-corrected chi connectivity index (χ0v) is 18.0. The first kappa shape index (κ1) is 20.8. The maximum absolute atomic E-state index is 12.9. The van der Waals surface area contributed by atoms with Gasteiger partial charge in [0.05, 0.1) is 25.0 Å². The van der Waals surface area contributed by atoms with Crippen molar-refractivity contribution in [3.05, 3.63) is 64.4 Å². The van der Waals surface area contributed by atoms with Gasteiger partial charge in [0.15, 0.2) is 0 Å². The van der Waals surface area contributed by atoms with E-state index >= 15 is 0 Å². The van der Waals surface area contributed by atoms with E-state index in [1.54, 1.807) is 11.3 Å². The van der Waals surface area contributed by atoms with E-state index in [4.69, 9.17) is 4.74 Å². The van der Waals surface area contributed by atoms with Gasteiger partial charge in [0, 0.05) is 26.2 Å². The molecule has 2 aliphatic heterocycles. The number of benzene rings is 1. The minimum Gasteiger partial charge on any atom is -0.372 e. The third-order valence-corrected chi connectivity index (χ3v) is 6.73. The van der Waals surface area contributed by atoms with E-state index in [1.807, 2.05) is 69.1 Å². The fourth-order valence-corrected chi connectivity index (χ4v) is 4.84. The number of hydrogen-bond acceptors (Lipinski definition) is 4. The Labute approximate surface area is 181 Å². The van der Waals surface area contributed by atoms with Crippen LogP contribution in [0.2, 0.25) is 0 Å². The summed E-state index contributed by atoms with van der Waals surface area (Å²) < 4.78 is 6.21. The highest BCUT2D eigenvalue weighted by molar-refractivity contribution is 7.08. The largest absolute Gasteiger partial charge is 0.372 e. The van der Waals surface area contributed by atoms with E-state index in [0.717, 1.165) is 24.0 Å². The molecule has 3 heterocycles. The molecule has 0 radical (unpaired) electrons. The molecular formula is C24H28N2O3S. The van der Waals surface area contributed by atoms with E-state index < -0.39 is 5.60 Å². The second-order valence-electron chi connectivity index (χ2n) is 8.05. The summed E-state index contributed by atoms with van der Waals surface area (Å²) >= 11 is 1.62. The molecule has 0 unspecified atom stereocenters. The van der Waals surface area contributed by atoms with Crippen LogP contribution in [-0.2, 0) is 20.7 Å². The van der Waals surface area contributed by atoms with Crippen LogP contribution in [0.4, 0.5) is 0 Å². The van der Waals surface area contributed by atoms with Crippen LogP contribution >= 0.6 is 11.3 Å². The van der Waals surface area contributed by atoms with E-state index in [2.05, 4.69) is 0 Å². The van der Waals surface area contributed by atoms with Crippen molar-refractivity contribution in [2.24, 2.45) is 0 Å². The number of nitrogens with zero attached hydrogens (tertiary/aromatic N) is 2. The zero-order valence-electron chi connectivity index (χ0n) is 17.2. The molecule has 2 fully saturated rings. The van der Waals surface area contributed by atoms with Crippen LogP contribution in [0.3, 0.4) is 0 Å². The molecule has 0 N–H and O–H groups in total. The van der Waals surface area contributed by atoms with Gasteiger partial charge in [0.2, 0.25) is 11.8 Å². The molecule has 30 heavy (non-hydrogen) atoms. The first-order valence-electron chi connectivity index (χ1n) is 10.6. The fraction of sp³-hybridized carbons (Fsp3) is 0.417. The number of carbonyl (C=O) groups excluding carboxylic acids is 2. The summed E-state index contributed by atoms with van der Waals surface area (Å²) in [6, 6.07) is 12.1. The van der Waals surface area contributed by atoms with Crippen LogP contribution < -0.4 is 0 Å². The van der Waals surface area contributed by atoms with Crippen molar-refractivity contribution in [3.8, 4) is 0 Å². The number of hydrogen-bond donors (Lipinski definition) is 0. The van der Waals surface area contributed by atoms with Crippen LogP contribution in [0, 0.1) is 0 Å². The average Bonchev–Trinajstić information content (AvgIpc) is 3.21. The molecule has 2 amide bonds. The van der Waals surface area contributed by atoms with Gasteiger partial charge in [-0.1, -0.05) is 42.5 Å². The lowest BCUT2D eigenvalue weighted by molar-refractivity contribution is -0.140. The molecule has 158 valence electrons. The molecule has 1 spiro atoms. The fourth-order valence-electron chi connectivity index (χ4n) is 4.17. The predicted molar refractivity (Wildman–Crippen MR) is 119 cm³/mol. The van der Waals surface area contributed by atoms with Crippen molar-refractivity contribution in [1.29, 1.82) is 0 Å². The van der Waals surface area contributed by atoms with Crippen molar-refractivity contribution in [1.82, 2.24) is 9.80 Å². The summed E-state index contributed by atoms with van der Waals surface area (Å²) in [6.45, 7) is 3.07. The second-order valence-corrected chi connectivity index (χ2v) is 8.83. The number of likely N-dealkylation sites (tertiary alicyclic amines) is 1. The van der Waals surface area contributed by atoms with E-state index in [1.165, 1.54) is 0 Å². The molecule has 4 rings (SSSR count). The van der Waals surface area contributed by atoms with Gasteiger partial charge >= 0.3 is 0 Å². The highest BCUT2D eigenvalue weighted by Gasteiger charge is 2.41. The number of piperidine rings is 1. The monoisotopic (exact) mass is 424 g/mol. The van der Waals surface area contributed by atoms with Crippen molar-refractivity contribution in [2.45, 2.75) is 31.3 Å². The lowest BCUT2D eigenvalue weighted by Crippen LogP contribution is -2.49. The van der Waals surface area contributed by atoms with Gasteiger partial charge in [0.25, 0.3) is 0 Å². The highest BCUT2D eigenvalue weighted by atomic mass is 32.1. The molecule has 1 aromatic heterocycles. The van der Waals surface area contributed by atoms with Gasteiger partial charge in [-0.25, -0.2) is 0 Å². The van der Waals surface area contributed by atoms with Gasteiger partial charge in [-0.05, 0) is 40.8 Å². The Morgan fingerprint density at radius 3 is 2.67 bits per heavy atom. The minimum atomic E-state index is -0.422. The normalized spacial score (nSPS) is 19.4. The van der Waals surface area contributed by atoms with Gasteiger partial charge in [-0.15, -0.1) is 0 Å².